The number of hydrogen-bond acceptors (Lipinski definition) is 6. The van der Waals surface area contributed by atoms with E-state index in [-0.39, 0.29) is 17.6 Å². The molecule has 2 rings (SSSR count). The number of aryl methyl sites for hydroxylation is 1. The van der Waals surface area contributed by atoms with Gasteiger partial charge in [0.25, 0.3) is 5.91 Å². The number of carbonyl (C=O) groups excluding carboxylic acids is 2. The molecule has 0 saturated heterocycles. The second kappa shape index (κ2) is 7.54. The van der Waals surface area contributed by atoms with Crippen molar-refractivity contribution in [2.24, 2.45) is 0 Å². The summed E-state index contributed by atoms with van der Waals surface area (Å²) in [6.45, 7) is 5.47. The van der Waals surface area contributed by atoms with Gasteiger partial charge < -0.3 is 15.4 Å². The molecule has 0 aliphatic rings. The Morgan fingerprint density at radius 3 is 2.58 bits per heavy atom. The molecular formula is C17H20N4O3. The van der Waals surface area contributed by atoms with E-state index in [1.165, 1.54) is 7.11 Å². The average Bonchev–Trinajstić information content (AvgIpc) is 2.53. The standard InChI is InChI=1S/C17H20N4O3/c1-10(2)18-16(22)14-9-15(20-11(3)19-14)21-13-7-5-6-12(8-13)17(23)24-4/h5-10H,1-4H3,(H,18,22)(H,19,20,21). The Hall–Kier alpha value is -2.96. The maximum absolute atomic E-state index is 12.1. The van der Waals surface area contributed by atoms with Gasteiger partial charge in [-0.25, -0.2) is 14.8 Å². The van der Waals surface area contributed by atoms with Crippen LogP contribution in [0.4, 0.5) is 11.5 Å². The van der Waals surface area contributed by atoms with Gasteiger partial charge in [-0.05, 0) is 39.0 Å². The number of anilines is 2. The van der Waals surface area contributed by atoms with E-state index in [9.17, 15) is 9.59 Å². The number of ether oxygens (including phenoxy) is 1. The third-order valence-corrected chi connectivity index (χ3v) is 3.05. The lowest BCUT2D eigenvalue weighted by atomic mass is 10.2. The molecule has 1 aromatic carbocycles. The molecule has 0 fully saturated rings. The Kier molecular flexibility index (Phi) is 5.47. The summed E-state index contributed by atoms with van der Waals surface area (Å²) >= 11 is 0. The highest BCUT2D eigenvalue weighted by atomic mass is 16.5. The molecule has 1 aromatic heterocycles. The monoisotopic (exact) mass is 328 g/mol. The minimum Gasteiger partial charge on any atom is -0.465 e. The quantitative estimate of drug-likeness (QED) is 0.819. The molecule has 0 aliphatic heterocycles. The fourth-order valence-corrected chi connectivity index (χ4v) is 2.07. The van der Waals surface area contributed by atoms with E-state index in [2.05, 4.69) is 20.6 Å². The van der Waals surface area contributed by atoms with E-state index < -0.39 is 5.97 Å². The van der Waals surface area contributed by atoms with Crippen LogP contribution in [-0.2, 0) is 4.74 Å². The largest absolute Gasteiger partial charge is 0.465 e. The Morgan fingerprint density at radius 1 is 1.17 bits per heavy atom. The van der Waals surface area contributed by atoms with Crippen LogP contribution in [0.1, 0.15) is 40.5 Å². The van der Waals surface area contributed by atoms with Gasteiger partial charge in [0.05, 0.1) is 12.7 Å². The van der Waals surface area contributed by atoms with Crippen molar-refractivity contribution in [2.45, 2.75) is 26.8 Å². The van der Waals surface area contributed by atoms with Gasteiger partial charge in [0, 0.05) is 17.8 Å². The van der Waals surface area contributed by atoms with Gasteiger partial charge >= 0.3 is 5.97 Å². The van der Waals surface area contributed by atoms with Crippen LogP contribution in [0.25, 0.3) is 0 Å². The molecule has 0 bridgehead atoms. The normalized spacial score (nSPS) is 10.4. The van der Waals surface area contributed by atoms with Crippen LogP contribution >= 0.6 is 0 Å². The summed E-state index contributed by atoms with van der Waals surface area (Å²) in [5, 5.41) is 5.86. The van der Waals surface area contributed by atoms with Gasteiger partial charge in [-0.2, -0.15) is 0 Å². The molecule has 2 aromatic rings. The number of methoxy groups -OCH3 is 1. The van der Waals surface area contributed by atoms with Gasteiger partial charge in [-0.3, -0.25) is 4.79 Å². The second-order valence-corrected chi connectivity index (χ2v) is 5.51. The summed E-state index contributed by atoms with van der Waals surface area (Å²) in [5.74, 6) is 0.257. The van der Waals surface area contributed by atoms with E-state index in [4.69, 9.17) is 4.74 Å². The number of rotatable bonds is 5. The maximum atomic E-state index is 12.1. The Balaban J connectivity index is 2.25. The number of nitrogens with one attached hydrogen (secondary N) is 2. The number of aromatic nitrogens is 2. The SMILES string of the molecule is COC(=O)c1cccc(Nc2cc(C(=O)NC(C)C)nc(C)n2)c1. The highest BCUT2D eigenvalue weighted by Gasteiger charge is 2.12. The van der Waals surface area contributed by atoms with Crippen LogP contribution in [0.15, 0.2) is 30.3 Å². The number of benzene rings is 1. The van der Waals surface area contributed by atoms with Gasteiger partial charge in [0.1, 0.15) is 17.3 Å². The van der Waals surface area contributed by atoms with Crippen molar-refractivity contribution in [3.8, 4) is 0 Å². The fourth-order valence-electron chi connectivity index (χ4n) is 2.07. The molecule has 0 atom stereocenters. The number of amides is 1. The molecule has 1 heterocycles. The van der Waals surface area contributed by atoms with Crippen LogP contribution in [-0.4, -0.2) is 35.0 Å². The summed E-state index contributed by atoms with van der Waals surface area (Å²) in [4.78, 5) is 32.1. The van der Waals surface area contributed by atoms with Crippen molar-refractivity contribution in [1.82, 2.24) is 15.3 Å². The number of hydrogen-bond donors (Lipinski definition) is 2. The molecule has 0 spiro atoms. The zero-order valence-corrected chi connectivity index (χ0v) is 14.1. The smallest absolute Gasteiger partial charge is 0.337 e. The highest BCUT2D eigenvalue weighted by Crippen LogP contribution is 2.17. The summed E-state index contributed by atoms with van der Waals surface area (Å²) in [6.07, 6.45) is 0. The van der Waals surface area contributed by atoms with Crippen molar-refractivity contribution in [3.05, 3.63) is 47.4 Å². The molecular weight excluding hydrogens is 308 g/mol. The van der Waals surface area contributed by atoms with Crippen LogP contribution in [0.5, 0.6) is 0 Å². The van der Waals surface area contributed by atoms with Crippen LogP contribution in [0, 0.1) is 6.92 Å². The number of esters is 1. The van der Waals surface area contributed by atoms with Gasteiger partial charge in [-0.1, -0.05) is 6.07 Å². The van der Waals surface area contributed by atoms with Gasteiger partial charge in [-0.15, -0.1) is 0 Å². The summed E-state index contributed by atoms with van der Waals surface area (Å²) < 4.78 is 4.70. The second-order valence-electron chi connectivity index (χ2n) is 5.51. The first-order valence-electron chi connectivity index (χ1n) is 7.51. The van der Waals surface area contributed by atoms with Crippen molar-refractivity contribution >= 4 is 23.4 Å². The van der Waals surface area contributed by atoms with Crippen LogP contribution in [0.2, 0.25) is 0 Å². The van der Waals surface area contributed by atoms with Crippen molar-refractivity contribution in [3.63, 3.8) is 0 Å². The number of carbonyl (C=O) groups is 2. The molecule has 7 heteroatoms. The predicted molar refractivity (Wildman–Crippen MR) is 90.4 cm³/mol. The molecule has 0 radical (unpaired) electrons. The van der Waals surface area contributed by atoms with Crippen molar-refractivity contribution < 1.29 is 14.3 Å². The molecule has 2 N–H and O–H groups in total. The van der Waals surface area contributed by atoms with Crippen molar-refractivity contribution in [2.75, 3.05) is 12.4 Å². The molecule has 0 saturated carbocycles. The lowest BCUT2D eigenvalue weighted by Crippen LogP contribution is -2.31. The summed E-state index contributed by atoms with van der Waals surface area (Å²) in [7, 11) is 1.33. The summed E-state index contributed by atoms with van der Waals surface area (Å²) in [6, 6.07) is 8.41. The van der Waals surface area contributed by atoms with Gasteiger partial charge in [0.2, 0.25) is 0 Å². The fraction of sp³-hybridized carbons (Fsp3) is 0.294. The molecule has 126 valence electrons. The molecule has 0 unspecified atom stereocenters. The van der Waals surface area contributed by atoms with E-state index in [1.807, 2.05) is 13.8 Å². The van der Waals surface area contributed by atoms with Crippen LogP contribution in [0.3, 0.4) is 0 Å². The zero-order chi connectivity index (χ0) is 17.7. The minimum absolute atomic E-state index is 0.0147. The lowest BCUT2D eigenvalue weighted by molar-refractivity contribution is 0.0600. The lowest BCUT2D eigenvalue weighted by Gasteiger charge is -2.11. The third-order valence-electron chi connectivity index (χ3n) is 3.05. The average molecular weight is 328 g/mol. The highest BCUT2D eigenvalue weighted by molar-refractivity contribution is 5.93. The minimum atomic E-state index is -0.422. The van der Waals surface area contributed by atoms with E-state index in [0.717, 1.165) is 0 Å². The Bertz CT molecular complexity index is 759. The van der Waals surface area contributed by atoms with Gasteiger partial charge in [0.15, 0.2) is 0 Å². The maximum Gasteiger partial charge on any atom is 0.337 e. The van der Waals surface area contributed by atoms with Crippen LogP contribution < -0.4 is 10.6 Å². The first kappa shape index (κ1) is 17.4. The topological polar surface area (TPSA) is 93.2 Å². The zero-order valence-electron chi connectivity index (χ0n) is 14.1. The predicted octanol–water partition coefficient (Wildman–Crippen LogP) is 2.45. The van der Waals surface area contributed by atoms with E-state index in [0.29, 0.717) is 22.9 Å². The molecule has 1 amide bonds. The molecule has 24 heavy (non-hydrogen) atoms. The first-order chi connectivity index (χ1) is 11.4. The summed E-state index contributed by atoms with van der Waals surface area (Å²) in [5.41, 5.74) is 1.36. The Morgan fingerprint density at radius 2 is 1.92 bits per heavy atom. The third kappa shape index (κ3) is 4.52. The van der Waals surface area contributed by atoms with Crippen molar-refractivity contribution in [1.29, 1.82) is 0 Å². The molecule has 7 nitrogen and oxygen atoms in total. The first-order valence-corrected chi connectivity index (χ1v) is 7.51. The Labute approximate surface area is 140 Å². The molecule has 0 aliphatic carbocycles. The van der Waals surface area contributed by atoms with E-state index >= 15 is 0 Å². The van der Waals surface area contributed by atoms with E-state index in [1.54, 1.807) is 37.3 Å². The number of nitrogens with zero attached hydrogens (tertiary/aromatic N) is 2.